The second kappa shape index (κ2) is 23.6. The number of nitrogens with one attached hydrogen (secondary N) is 1. The number of hydrogen-bond acceptors (Lipinski definition) is 1. The average Bonchev–Trinajstić information content (AvgIpc) is 3.05. The third-order valence-electron chi connectivity index (χ3n) is 12.0. The van der Waals surface area contributed by atoms with Gasteiger partial charge in [-0.15, -0.1) is 0 Å². The van der Waals surface area contributed by atoms with Gasteiger partial charge in [0, 0.05) is 18.1 Å². The van der Waals surface area contributed by atoms with Crippen LogP contribution in [0.5, 0.6) is 0 Å². The van der Waals surface area contributed by atoms with Crippen LogP contribution in [-0.4, -0.2) is 35.0 Å². The summed E-state index contributed by atoms with van der Waals surface area (Å²) in [5.74, 6) is 1.40. The maximum absolute atomic E-state index is 5.97. The standard InChI is InChI=1S/C41H77N3/c1-5-13-21-29-37(30-22-14-6-1)42-41(43-38-31-23-15-7-2-8-16-24-32-38)44(39-33-25-17-9-3-10-18-26-34-39)40-35-27-19-11-4-12-20-28-36-40/h37-40H,1-36H2,(H,42,43). The summed E-state index contributed by atoms with van der Waals surface area (Å²) >= 11 is 0. The molecule has 0 radical (unpaired) electrons. The van der Waals surface area contributed by atoms with Gasteiger partial charge in [0.25, 0.3) is 0 Å². The van der Waals surface area contributed by atoms with Gasteiger partial charge in [-0.2, -0.15) is 0 Å². The van der Waals surface area contributed by atoms with Gasteiger partial charge >= 0.3 is 0 Å². The van der Waals surface area contributed by atoms with E-state index in [0.717, 1.165) is 0 Å². The van der Waals surface area contributed by atoms with Crippen molar-refractivity contribution in [2.45, 2.75) is 255 Å². The summed E-state index contributed by atoms with van der Waals surface area (Å²) in [6.07, 6.45) is 51.2. The lowest BCUT2D eigenvalue weighted by Crippen LogP contribution is -2.55. The third-order valence-corrected chi connectivity index (χ3v) is 12.0. The number of rotatable bonds is 4. The predicted octanol–water partition coefficient (Wildman–Crippen LogP) is 12.8. The summed E-state index contributed by atoms with van der Waals surface area (Å²) < 4.78 is 0. The molecule has 4 aliphatic rings. The van der Waals surface area contributed by atoms with Crippen LogP contribution < -0.4 is 5.32 Å². The Morgan fingerprint density at radius 1 is 0.341 bits per heavy atom. The fraction of sp³-hybridized carbons (Fsp3) is 0.976. The van der Waals surface area contributed by atoms with Crippen LogP contribution in [0.1, 0.15) is 231 Å². The number of aliphatic imine (C=N–C) groups is 1. The minimum absolute atomic E-state index is 0.525. The van der Waals surface area contributed by atoms with Gasteiger partial charge in [-0.05, 0) is 51.4 Å². The van der Waals surface area contributed by atoms with E-state index in [0.29, 0.717) is 24.2 Å². The highest BCUT2D eigenvalue weighted by atomic mass is 15.3. The zero-order chi connectivity index (χ0) is 30.3. The molecule has 256 valence electrons. The van der Waals surface area contributed by atoms with Crippen molar-refractivity contribution in [3.05, 3.63) is 0 Å². The molecule has 0 aromatic rings. The Labute approximate surface area is 276 Å². The SMILES string of the molecule is C1CCCCC(N=C(NC2CCCCCCCCC2)N(C2CCCCCCCCC2)C2CCCCCCCCC2)CCCC1. The average molecular weight is 612 g/mol. The first-order valence-corrected chi connectivity index (χ1v) is 21.0. The van der Waals surface area contributed by atoms with Gasteiger partial charge in [-0.25, -0.2) is 4.99 Å². The summed E-state index contributed by atoms with van der Waals surface area (Å²) in [5.41, 5.74) is 0. The molecule has 3 heteroatoms. The van der Waals surface area contributed by atoms with Gasteiger partial charge in [0.15, 0.2) is 5.96 Å². The van der Waals surface area contributed by atoms with Crippen LogP contribution in [0.3, 0.4) is 0 Å². The molecule has 1 N–H and O–H groups in total. The van der Waals surface area contributed by atoms with E-state index in [4.69, 9.17) is 4.99 Å². The third kappa shape index (κ3) is 14.8. The quantitative estimate of drug-likeness (QED) is 0.253. The Morgan fingerprint density at radius 3 is 0.955 bits per heavy atom. The van der Waals surface area contributed by atoms with Crippen molar-refractivity contribution in [2.75, 3.05) is 0 Å². The van der Waals surface area contributed by atoms with Crippen LogP contribution in [0.15, 0.2) is 4.99 Å². The van der Waals surface area contributed by atoms with E-state index in [1.54, 1.807) is 0 Å². The highest BCUT2D eigenvalue weighted by Crippen LogP contribution is 2.30. The molecule has 0 amide bonds. The van der Waals surface area contributed by atoms with Crippen molar-refractivity contribution in [1.82, 2.24) is 10.2 Å². The maximum atomic E-state index is 5.97. The lowest BCUT2D eigenvalue weighted by Gasteiger charge is -2.43. The van der Waals surface area contributed by atoms with E-state index in [1.165, 1.54) is 237 Å². The molecule has 0 atom stereocenters. The van der Waals surface area contributed by atoms with Gasteiger partial charge in [0.1, 0.15) is 0 Å². The Hall–Kier alpha value is -0.730. The molecule has 4 aliphatic carbocycles. The van der Waals surface area contributed by atoms with Crippen molar-refractivity contribution < 1.29 is 0 Å². The van der Waals surface area contributed by atoms with Crippen LogP contribution >= 0.6 is 0 Å². The summed E-state index contributed by atoms with van der Waals surface area (Å²) in [6.45, 7) is 0. The van der Waals surface area contributed by atoms with Gasteiger partial charge in [0.05, 0.1) is 6.04 Å². The maximum Gasteiger partial charge on any atom is 0.194 e. The lowest BCUT2D eigenvalue weighted by molar-refractivity contribution is 0.170. The smallest absolute Gasteiger partial charge is 0.194 e. The molecule has 4 saturated carbocycles. The van der Waals surface area contributed by atoms with E-state index in [1.807, 2.05) is 0 Å². The van der Waals surface area contributed by atoms with Gasteiger partial charge in [-0.3, -0.25) is 0 Å². The fourth-order valence-electron chi connectivity index (χ4n) is 9.18. The van der Waals surface area contributed by atoms with Gasteiger partial charge < -0.3 is 10.2 Å². The van der Waals surface area contributed by atoms with Crippen LogP contribution in [0.25, 0.3) is 0 Å². The first-order valence-electron chi connectivity index (χ1n) is 21.0. The Kier molecular flexibility index (Phi) is 19.3. The monoisotopic (exact) mass is 612 g/mol. The molecule has 0 saturated heterocycles. The van der Waals surface area contributed by atoms with Crippen LogP contribution in [-0.2, 0) is 0 Å². The molecule has 0 heterocycles. The number of guanidine groups is 1. The summed E-state index contributed by atoms with van der Waals surface area (Å²) in [5, 5.41) is 4.38. The molecule has 4 rings (SSSR count). The summed E-state index contributed by atoms with van der Waals surface area (Å²) in [7, 11) is 0. The lowest BCUT2D eigenvalue weighted by atomic mass is 9.91. The van der Waals surface area contributed by atoms with Crippen molar-refractivity contribution in [3.63, 3.8) is 0 Å². The highest BCUT2D eigenvalue weighted by molar-refractivity contribution is 5.81. The Balaban J connectivity index is 1.65. The Morgan fingerprint density at radius 2 is 0.614 bits per heavy atom. The van der Waals surface area contributed by atoms with Crippen molar-refractivity contribution in [2.24, 2.45) is 4.99 Å². The van der Waals surface area contributed by atoms with E-state index in [2.05, 4.69) is 10.2 Å². The first kappa shape index (κ1) is 36.1. The zero-order valence-electron chi connectivity index (χ0n) is 29.7. The highest BCUT2D eigenvalue weighted by Gasteiger charge is 2.31. The minimum atomic E-state index is 0.525. The van der Waals surface area contributed by atoms with E-state index >= 15 is 0 Å². The van der Waals surface area contributed by atoms with E-state index < -0.39 is 0 Å². The van der Waals surface area contributed by atoms with Crippen molar-refractivity contribution >= 4 is 5.96 Å². The second-order valence-corrected chi connectivity index (χ2v) is 15.9. The van der Waals surface area contributed by atoms with Crippen molar-refractivity contribution in [3.8, 4) is 0 Å². The molecule has 0 bridgehead atoms. The zero-order valence-corrected chi connectivity index (χ0v) is 29.7. The molecule has 0 aromatic carbocycles. The fourth-order valence-corrected chi connectivity index (χ4v) is 9.18. The van der Waals surface area contributed by atoms with Crippen LogP contribution in [0.4, 0.5) is 0 Å². The number of hydrogen-bond donors (Lipinski definition) is 1. The van der Waals surface area contributed by atoms with Crippen LogP contribution in [0, 0.1) is 0 Å². The predicted molar refractivity (Wildman–Crippen MR) is 194 cm³/mol. The van der Waals surface area contributed by atoms with Crippen LogP contribution in [0.2, 0.25) is 0 Å². The molecule has 3 nitrogen and oxygen atoms in total. The summed E-state index contributed by atoms with van der Waals surface area (Å²) in [6, 6.07) is 2.52. The molecule has 0 spiro atoms. The second-order valence-electron chi connectivity index (χ2n) is 15.9. The molecule has 0 aliphatic heterocycles. The van der Waals surface area contributed by atoms with Gasteiger partial charge in [-0.1, -0.05) is 180 Å². The Bertz CT molecular complexity index is 653. The van der Waals surface area contributed by atoms with Gasteiger partial charge in [0.2, 0.25) is 0 Å². The largest absolute Gasteiger partial charge is 0.353 e. The molecule has 4 fully saturated rings. The molecule has 0 unspecified atom stereocenters. The summed E-state index contributed by atoms with van der Waals surface area (Å²) in [4.78, 5) is 9.03. The number of nitrogens with zero attached hydrogens (tertiary/aromatic N) is 2. The molecular formula is C41H77N3. The van der Waals surface area contributed by atoms with E-state index in [-0.39, 0.29) is 0 Å². The normalized spacial score (nSPS) is 26.3. The first-order chi connectivity index (χ1) is 21.9. The molecule has 44 heavy (non-hydrogen) atoms. The topological polar surface area (TPSA) is 27.6 Å². The molecule has 0 aromatic heterocycles. The minimum Gasteiger partial charge on any atom is -0.353 e. The van der Waals surface area contributed by atoms with Crippen molar-refractivity contribution in [1.29, 1.82) is 0 Å². The molecular weight excluding hydrogens is 534 g/mol. The van der Waals surface area contributed by atoms with E-state index in [9.17, 15) is 0 Å².